The predicted octanol–water partition coefficient (Wildman–Crippen LogP) is 2.55. The summed E-state index contributed by atoms with van der Waals surface area (Å²) in [6, 6.07) is 9.88. The lowest BCUT2D eigenvalue weighted by molar-refractivity contribution is 0.101. The Balaban J connectivity index is 2.12. The number of benzene rings is 1. The molecular weight excluding hydrogens is 294 g/mol. The SMILES string of the molecule is CCOc1ccc(NC(=O)c2ccc(=O)n(CC(C)C)n2)cc1. The minimum absolute atomic E-state index is 0.208. The number of anilines is 1. The van der Waals surface area contributed by atoms with Gasteiger partial charge in [-0.25, -0.2) is 4.68 Å². The highest BCUT2D eigenvalue weighted by Gasteiger charge is 2.11. The highest BCUT2D eigenvalue weighted by Crippen LogP contribution is 2.16. The van der Waals surface area contributed by atoms with E-state index in [0.717, 1.165) is 5.75 Å². The summed E-state index contributed by atoms with van der Waals surface area (Å²) in [6.45, 7) is 6.95. The van der Waals surface area contributed by atoms with E-state index in [2.05, 4.69) is 10.4 Å². The molecule has 1 heterocycles. The summed E-state index contributed by atoms with van der Waals surface area (Å²) in [6.07, 6.45) is 0. The van der Waals surface area contributed by atoms with Crippen LogP contribution in [0.1, 0.15) is 31.3 Å². The molecule has 0 atom stereocenters. The molecule has 1 amide bonds. The summed E-state index contributed by atoms with van der Waals surface area (Å²) in [4.78, 5) is 24.0. The molecule has 0 saturated heterocycles. The van der Waals surface area contributed by atoms with Crippen molar-refractivity contribution in [2.75, 3.05) is 11.9 Å². The summed E-state index contributed by atoms with van der Waals surface area (Å²) < 4.78 is 6.67. The third kappa shape index (κ3) is 4.67. The Hall–Kier alpha value is -2.63. The average molecular weight is 315 g/mol. The number of amides is 1. The summed E-state index contributed by atoms with van der Waals surface area (Å²) in [7, 11) is 0. The van der Waals surface area contributed by atoms with Gasteiger partial charge in [-0.3, -0.25) is 9.59 Å². The molecule has 6 nitrogen and oxygen atoms in total. The number of hydrogen-bond acceptors (Lipinski definition) is 4. The van der Waals surface area contributed by atoms with Gasteiger partial charge in [-0.2, -0.15) is 5.10 Å². The lowest BCUT2D eigenvalue weighted by Gasteiger charge is -2.10. The Morgan fingerprint density at radius 1 is 1.22 bits per heavy atom. The van der Waals surface area contributed by atoms with Gasteiger partial charge in [0.2, 0.25) is 0 Å². The second-order valence-electron chi connectivity index (χ2n) is 5.54. The fourth-order valence-corrected chi connectivity index (χ4v) is 2.04. The van der Waals surface area contributed by atoms with Crippen molar-refractivity contribution >= 4 is 11.6 Å². The number of aromatic nitrogens is 2. The zero-order valence-electron chi connectivity index (χ0n) is 13.6. The van der Waals surface area contributed by atoms with Crippen LogP contribution in [0, 0.1) is 5.92 Å². The molecule has 0 spiro atoms. The molecule has 23 heavy (non-hydrogen) atoms. The van der Waals surface area contributed by atoms with E-state index in [9.17, 15) is 9.59 Å². The number of carbonyl (C=O) groups excluding carboxylic acids is 1. The van der Waals surface area contributed by atoms with Crippen LogP contribution in [-0.2, 0) is 6.54 Å². The van der Waals surface area contributed by atoms with Crippen molar-refractivity contribution in [3.8, 4) is 5.75 Å². The molecule has 0 fully saturated rings. The van der Waals surface area contributed by atoms with Crippen molar-refractivity contribution in [1.29, 1.82) is 0 Å². The third-order valence-corrected chi connectivity index (χ3v) is 3.06. The molecule has 0 radical (unpaired) electrons. The molecule has 6 heteroatoms. The quantitative estimate of drug-likeness (QED) is 0.889. The van der Waals surface area contributed by atoms with E-state index in [1.165, 1.54) is 16.8 Å². The summed E-state index contributed by atoms with van der Waals surface area (Å²) in [5.41, 5.74) is 0.636. The monoisotopic (exact) mass is 315 g/mol. The molecule has 0 bridgehead atoms. The zero-order valence-corrected chi connectivity index (χ0v) is 13.6. The van der Waals surface area contributed by atoms with Gasteiger partial charge in [0.25, 0.3) is 11.5 Å². The van der Waals surface area contributed by atoms with Crippen LogP contribution in [0.25, 0.3) is 0 Å². The molecule has 2 rings (SSSR count). The minimum Gasteiger partial charge on any atom is -0.494 e. The van der Waals surface area contributed by atoms with Gasteiger partial charge in [-0.1, -0.05) is 13.8 Å². The van der Waals surface area contributed by atoms with E-state index < -0.39 is 0 Å². The first-order valence-electron chi connectivity index (χ1n) is 7.62. The maximum atomic E-state index is 12.3. The Labute approximate surface area is 135 Å². The van der Waals surface area contributed by atoms with Crippen LogP contribution in [0.4, 0.5) is 5.69 Å². The van der Waals surface area contributed by atoms with Crippen molar-refractivity contribution in [1.82, 2.24) is 9.78 Å². The van der Waals surface area contributed by atoms with Crippen molar-refractivity contribution in [2.24, 2.45) is 5.92 Å². The molecule has 122 valence electrons. The molecule has 1 aromatic heterocycles. The van der Waals surface area contributed by atoms with Gasteiger partial charge in [-0.15, -0.1) is 0 Å². The number of hydrogen-bond donors (Lipinski definition) is 1. The fourth-order valence-electron chi connectivity index (χ4n) is 2.04. The van der Waals surface area contributed by atoms with E-state index in [-0.39, 0.29) is 23.1 Å². The van der Waals surface area contributed by atoms with Crippen molar-refractivity contribution in [2.45, 2.75) is 27.3 Å². The second-order valence-corrected chi connectivity index (χ2v) is 5.54. The lowest BCUT2D eigenvalue weighted by atomic mass is 10.2. The highest BCUT2D eigenvalue weighted by molar-refractivity contribution is 6.02. The average Bonchev–Trinajstić information content (AvgIpc) is 2.51. The van der Waals surface area contributed by atoms with Crippen molar-refractivity contribution < 1.29 is 9.53 Å². The van der Waals surface area contributed by atoms with Crippen molar-refractivity contribution in [3.05, 3.63) is 52.4 Å². The van der Waals surface area contributed by atoms with Crippen molar-refractivity contribution in [3.63, 3.8) is 0 Å². The molecular formula is C17H21N3O3. The number of ether oxygens (including phenoxy) is 1. The van der Waals surface area contributed by atoms with E-state index >= 15 is 0 Å². The number of rotatable bonds is 6. The Morgan fingerprint density at radius 3 is 2.52 bits per heavy atom. The Morgan fingerprint density at radius 2 is 1.91 bits per heavy atom. The van der Waals surface area contributed by atoms with Gasteiger partial charge >= 0.3 is 0 Å². The normalized spacial score (nSPS) is 10.6. The Kier molecular flexibility index (Phi) is 5.51. The lowest BCUT2D eigenvalue weighted by Crippen LogP contribution is -2.27. The number of nitrogens with zero attached hydrogens (tertiary/aromatic N) is 2. The van der Waals surface area contributed by atoms with Gasteiger partial charge in [0.15, 0.2) is 0 Å². The van der Waals surface area contributed by atoms with E-state index in [4.69, 9.17) is 4.74 Å². The molecule has 1 N–H and O–H groups in total. The first kappa shape index (κ1) is 16.7. The highest BCUT2D eigenvalue weighted by atomic mass is 16.5. The van der Waals surface area contributed by atoms with Gasteiger partial charge < -0.3 is 10.1 Å². The van der Waals surface area contributed by atoms with Gasteiger partial charge in [0, 0.05) is 18.3 Å². The predicted molar refractivity (Wildman–Crippen MR) is 88.9 cm³/mol. The van der Waals surface area contributed by atoms with Crippen LogP contribution in [0.3, 0.4) is 0 Å². The zero-order chi connectivity index (χ0) is 16.8. The van der Waals surface area contributed by atoms with Crippen LogP contribution >= 0.6 is 0 Å². The largest absolute Gasteiger partial charge is 0.494 e. The molecule has 0 aliphatic rings. The molecule has 0 unspecified atom stereocenters. The van der Waals surface area contributed by atoms with E-state index in [1.807, 2.05) is 20.8 Å². The third-order valence-electron chi connectivity index (χ3n) is 3.06. The maximum absolute atomic E-state index is 12.3. The molecule has 0 saturated carbocycles. The molecule has 2 aromatic rings. The number of nitrogens with one attached hydrogen (secondary N) is 1. The standard InChI is InChI=1S/C17H21N3O3/c1-4-23-14-7-5-13(6-8-14)18-17(22)15-9-10-16(21)20(19-15)11-12(2)3/h5-10,12H,4,11H2,1-3H3,(H,18,22). The topological polar surface area (TPSA) is 73.2 Å². The first-order valence-corrected chi connectivity index (χ1v) is 7.62. The maximum Gasteiger partial charge on any atom is 0.276 e. The van der Waals surface area contributed by atoms with Crippen LogP contribution in [0.5, 0.6) is 5.75 Å². The van der Waals surface area contributed by atoms with Gasteiger partial charge in [0.1, 0.15) is 11.4 Å². The van der Waals surface area contributed by atoms with Crippen LogP contribution in [0.2, 0.25) is 0 Å². The van der Waals surface area contributed by atoms with Crippen LogP contribution < -0.4 is 15.6 Å². The van der Waals surface area contributed by atoms with Gasteiger partial charge in [-0.05, 0) is 43.2 Å². The van der Waals surface area contributed by atoms with Crippen LogP contribution in [-0.4, -0.2) is 22.3 Å². The summed E-state index contributed by atoms with van der Waals surface area (Å²) in [5, 5.41) is 6.88. The number of carbonyl (C=O) groups is 1. The smallest absolute Gasteiger partial charge is 0.276 e. The molecule has 1 aromatic carbocycles. The molecule has 0 aliphatic carbocycles. The minimum atomic E-state index is -0.355. The summed E-state index contributed by atoms with van der Waals surface area (Å²) in [5.74, 6) is 0.658. The molecule has 0 aliphatic heterocycles. The second kappa shape index (κ2) is 7.58. The Bertz CT molecular complexity index is 721. The van der Waals surface area contributed by atoms with Crippen LogP contribution in [0.15, 0.2) is 41.2 Å². The summed E-state index contributed by atoms with van der Waals surface area (Å²) >= 11 is 0. The van der Waals surface area contributed by atoms with E-state index in [0.29, 0.717) is 18.8 Å². The first-order chi connectivity index (χ1) is 11.0. The fraction of sp³-hybridized carbons (Fsp3) is 0.353. The van der Waals surface area contributed by atoms with E-state index in [1.54, 1.807) is 24.3 Å². The van der Waals surface area contributed by atoms with Gasteiger partial charge in [0.05, 0.1) is 6.61 Å².